The van der Waals surface area contributed by atoms with Gasteiger partial charge in [-0.25, -0.2) is 9.97 Å². The zero-order valence-electron chi connectivity index (χ0n) is 23.5. The number of carbonyl (C=O) groups is 1. The second kappa shape index (κ2) is 12.7. The third-order valence-corrected chi connectivity index (χ3v) is 7.38. The van der Waals surface area contributed by atoms with E-state index in [9.17, 15) is 9.90 Å². The minimum absolute atomic E-state index is 0. The van der Waals surface area contributed by atoms with Crippen molar-refractivity contribution in [2.75, 3.05) is 0 Å². The summed E-state index contributed by atoms with van der Waals surface area (Å²) in [4.78, 5) is 21.8. The molecule has 2 heterocycles. The van der Waals surface area contributed by atoms with Crippen LogP contribution in [-0.4, -0.2) is 50.6 Å². The SMILES string of the molecule is CC(C(=O)O)(c1ccc(OCc2ccc3ccccc3n2)cc1)c1ccc(OCc2ccc3ccccc3n2)cc1.[Na]. The Bertz CT molecular complexity index is 1710. The maximum Gasteiger partial charge on any atom is 0.318 e. The normalized spacial score (nSPS) is 11.2. The number of fused-ring (bicyclic) bond motifs is 2. The molecule has 0 fully saturated rings. The molecule has 0 saturated heterocycles. The van der Waals surface area contributed by atoms with Crippen LogP contribution in [0.4, 0.5) is 0 Å². The van der Waals surface area contributed by atoms with Crippen molar-refractivity contribution in [2.45, 2.75) is 25.6 Å². The second-order valence-corrected chi connectivity index (χ2v) is 10.0. The Balaban J connectivity index is 0.00000353. The molecule has 0 aliphatic carbocycles. The Morgan fingerprint density at radius 3 is 1.43 bits per heavy atom. The molecule has 4 aromatic carbocycles. The summed E-state index contributed by atoms with van der Waals surface area (Å²) in [6, 6.07) is 38.2. The third kappa shape index (κ3) is 6.16. The molecule has 7 heteroatoms. The Labute approximate surface area is 266 Å². The van der Waals surface area contributed by atoms with Crippen LogP contribution in [0.5, 0.6) is 11.5 Å². The van der Waals surface area contributed by atoms with Gasteiger partial charge in [0, 0.05) is 40.3 Å². The van der Waals surface area contributed by atoms with Crippen molar-refractivity contribution in [3.8, 4) is 11.5 Å². The molecule has 6 aromatic rings. The number of rotatable bonds is 9. The molecule has 1 N–H and O–H groups in total. The maximum absolute atomic E-state index is 12.5. The molecule has 6 rings (SSSR count). The van der Waals surface area contributed by atoms with Crippen molar-refractivity contribution in [2.24, 2.45) is 0 Å². The van der Waals surface area contributed by atoms with E-state index in [0.717, 1.165) is 33.2 Å². The van der Waals surface area contributed by atoms with Gasteiger partial charge >= 0.3 is 5.97 Å². The van der Waals surface area contributed by atoms with Crippen molar-refractivity contribution in [3.63, 3.8) is 0 Å². The smallest absolute Gasteiger partial charge is 0.318 e. The summed E-state index contributed by atoms with van der Waals surface area (Å²) in [5.41, 5.74) is 3.52. The van der Waals surface area contributed by atoms with Crippen LogP contribution in [0.25, 0.3) is 21.8 Å². The van der Waals surface area contributed by atoms with Crippen LogP contribution < -0.4 is 9.47 Å². The summed E-state index contributed by atoms with van der Waals surface area (Å²) >= 11 is 0. The van der Waals surface area contributed by atoms with Gasteiger partial charge in [-0.2, -0.15) is 0 Å². The quantitative estimate of drug-likeness (QED) is 0.192. The molecule has 1 radical (unpaired) electrons. The van der Waals surface area contributed by atoms with Gasteiger partial charge in [0.2, 0.25) is 0 Å². The van der Waals surface area contributed by atoms with Crippen molar-refractivity contribution >= 4 is 57.3 Å². The van der Waals surface area contributed by atoms with Gasteiger partial charge < -0.3 is 14.6 Å². The number of para-hydroxylation sites is 2. The molecule has 6 nitrogen and oxygen atoms in total. The van der Waals surface area contributed by atoms with E-state index in [4.69, 9.17) is 9.47 Å². The van der Waals surface area contributed by atoms with Gasteiger partial charge in [-0.1, -0.05) is 72.8 Å². The minimum Gasteiger partial charge on any atom is -0.487 e. The number of pyridine rings is 2. The predicted molar refractivity (Wildman–Crippen MR) is 165 cm³/mol. The summed E-state index contributed by atoms with van der Waals surface area (Å²) in [6.07, 6.45) is 0. The van der Waals surface area contributed by atoms with E-state index in [-0.39, 0.29) is 29.6 Å². The van der Waals surface area contributed by atoms with Crippen LogP contribution >= 0.6 is 0 Å². The van der Waals surface area contributed by atoms with E-state index in [0.29, 0.717) is 35.8 Å². The number of hydrogen-bond acceptors (Lipinski definition) is 5. The third-order valence-electron chi connectivity index (χ3n) is 7.38. The summed E-state index contributed by atoms with van der Waals surface area (Å²) in [6.45, 7) is 2.34. The van der Waals surface area contributed by atoms with Crippen LogP contribution in [0.3, 0.4) is 0 Å². The van der Waals surface area contributed by atoms with Crippen LogP contribution in [0.15, 0.2) is 121 Å². The van der Waals surface area contributed by atoms with Crippen LogP contribution in [0.2, 0.25) is 0 Å². The monoisotopic (exact) mass is 563 g/mol. The Kier molecular flexibility index (Phi) is 8.88. The van der Waals surface area contributed by atoms with Crippen molar-refractivity contribution in [3.05, 3.63) is 144 Å². The van der Waals surface area contributed by atoms with Crippen molar-refractivity contribution in [1.82, 2.24) is 9.97 Å². The molecule has 0 atom stereocenters. The number of aliphatic carboxylic acids is 1. The van der Waals surface area contributed by atoms with Crippen LogP contribution in [-0.2, 0) is 23.4 Å². The number of ether oxygens (including phenoxy) is 2. The van der Waals surface area contributed by atoms with Gasteiger partial charge in [0.05, 0.1) is 22.4 Å². The molecule has 0 spiro atoms. The molecule has 2 aromatic heterocycles. The first-order valence-electron chi connectivity index (χ1n) is 13.4. The summed E-state index contributed by atoms with van der Waals surface area (Å²) < 4.78 is 11.9. The fraction of sp³-hybridized carbons (Fsp3) is 0.114. The topological polar surface area (TPSA) is 81.5 Å². The van der Waals surface area contributed by atoms with E-state index < -0.39 is 11.4 Å². The van der Waals surface area contributed by atoms with Crippen molar-refractivity contribution in [1.29, 1.82) is 0 Å². The zero-order valence-corrected chi connectivity index (χ0v) is 25.5. The summed E-state index contributed by atoms with van der Waals surface area (Å²) in [5.74, 6) is 0.338. The molecule has 0 bridgehead atoms. The average molecular weight is 564 g/mol. The average Bonchev–Trinajstić information content (AvgIpc) is 3.02. The molecular formula is C35H28N2NaO4. The molecule has 0 amide bonds. The Hall–Kier alpha value is -4.23. The van der Waals surface area contributed by atoms with E-state index in [1.165, 1.54) is 0 Å². The Morgan fingerprint density at radius 1 is 0.619 bits per heavy atom. The summed E-state index contributed by atoms with van der Waals surface area (Å²) in [5, 5.41) is 12.4. The molecule has 42 heavy (non-hydrogen) atoms. The largest absolute Gasteiger partial charge is 0.487 e. The maximum atomic E-state index is 12.5. The first-order chi connectivity index (χ1) is 20.0. The number of carboxylic acid groups (broad SMARTS) is 1. The summed E-state index contributed by atoms with van der Waals surface area (Å²) in [7, 11) is 0. The van der Waals surface area contributed by atoms with E-state index in [1.54, 1.807) is 55.5 Å². The van der Waals surface area contributed by atoms with Gasteiger partial charge in [0.1, 0.15) is 30.1 Å². The molecule has 0 aliphatic rings. The molecule has 0 saturated carbocycles. The number of benzene rings is 4. The molecule has 0 unspecified atom stereocenters. The molecular weight excluding hydrogens is 535 g/mol. The first kappa shape index (κ1) is 29.3. The fourth-order valence-electron chi connectivity index (χ4n) is 4.87. The van der Waals surface area contributed by atoms with E-state index in [2.05, 4.69) is 9.97 Å². The van der Waals surface area contributed by atoms with Gasteiger partial charge in [0.25, 0.3) is 0 Å². The minimum atomic E-state index is -1.25. The standard InChI is InChI=1S/C35H28N2O4.Na/c1-35(34(38)39,26-12-18-30(19-13-26)40-22-28-16-10-24-6-2-4-8-32(24)36-28)27-14-20-31(21-15-27)41-23-29-17-11-25-7-3-5-9-33(25)37-29;/h2-21H,22-23H2,1H3,(H,38,39);. The van der Waals surface area contributed by atoms with E-state index >= 15 is 0 Å². The molecule has 0 aliphatic heterocycles. The zero-order chi connectivity index (χ0) is 28.2. The van der Waals surface area contributed by atoms with Gasteiger partial charge in [0.15, 0.2) is 0 Å². The van der Waals surface area contributed by atoms with Crippen LogP contribution in [0.1, 0.15) is 29.4 Å². The fourth-order valence-corrected chi connectivity index (χ4v) is 4.87. The number of hydrogen-bond donors (Lipinski definition) is 1. The predicted octanol–water partition coefficient (Wildman–Crippen LogP) is 6.95. The number of aromatic nitrogens is 2. The number of nitrogens with zero attached hydrogens (tertiary/aromatic N) is 2. The van der Waals surface area contributed by atoms with Gasteiger partial charge in [-0.15, -0.1) is 0 Å². The number of carboxylic acids is 1. The second-order valence-electron chi connectivity index (χ2n) is 10.0. The van der Waals surface area contributed by atoms with Crippen LogP contribution in [0, 0.1) is 0 Å². The van der Waals surface area contributed by atoms with Crippen molar-refractivity contribution < 1.29 is 19.4 Å². The van der Waals surface area contributed by atoms with Gasteiger partial charge in [-0.05, 0) is 66.6 Å². The van der Waals surface area contributed by atoms with E-state index in [1.807, 2.05) is 72.8 Å². The first-order valence-corrected chi connectivity index (χ1v) is 13.4. The molecule has 203 valence electrons. The van der Waals surface area contributed by atoms with Gasteiger partial charge in [-0.3, -0.25) is 4.79 Å². The Morgan fingerprint density at radius 2 is 1.02 bits per heavy atom.